The molecular formula is C11H12N2O. The van der Waals surface area contributed by atoms with Crippen LogP contribution in [0.4, 0.5) is 5.82 Å². The van der Waals surface area contributed by atoms with Crippen LogP contribution in [-0.2, 0) is 11.2 Å². The number of rotatable bonds is 1. The number of hydrogen-bond donors (Lipinski definition) is 1. The first-order chi connectivity index (χ1) is 6.79. The summed E-state index contributed by atoms with van der Waals surface area (Å²) in [5.41, 5.74) is 2.21. The molecule has 0 radical (unpaired) electrons. The van der Waals surface area contributed by atoms with E-state index in [9.17, 15) is 4.79 Å². The first-order valence-corrected chi connectivity index (χ1v) is 4.71. The van der Waals surface area contributed by atoms with Gasteiger partial charge in [-0.05, 0) is 30.5 Å². The molecule has 1 aromatic rings. The van der Waals surface area contributed by atoms with Crippen LogP contribution < -0.4 is 5.32 Å². The van der Waals surface area contributed by atoms with Crippen molar-refractivity contribution in [2.75, 3.05) is 5.32 Å². The van der Waals surface area contributed by atoms with Crippen LogP contribution >= 0.6 is 0 Å². The van der Waals surface area contributed by atoms with Crippen molar-refractivity contribution >= 4 is 17.8 Å². The van der Waals surface area contributed by atoms with Crippen LogP contribution in [0.15, 0.2) is 18.3 Å². The number of anilines is 1. The Morgan fingerprint density at radius 1 is 1.50 bits per heavy atom. The van der Waals surface area contributed by atoms with Crippen LogP contribution in [-0.4, -0.2) is 10.9 Å². The summed E-state index contributed by atoms with van der Waals surface area (Å²) in [6.07, 6.45) is 7.10. The summed E-state index contributed by atoms with van der Waals surface area (Å²) in [5.74, 6) is 0.776. The molecule has 3 heteroatoms. The van der Waals surface area contributed by atoms with Gasteiger partial charge in [0.25, 0.3) is 0 Å². The van der Waals surface area contributed by atoms with Gasteiger partial charge in [0.1, 0.15) is 5.82 Å². The Hall–Kier alpha value is -1.64. The lowest BCUT2D eigenvalue weighted by Gasteiger charge is -2.15. The van der Waals surface area contributed by atoms with E-state index in [1.54, 1.807) is 6.20 Å². The fourth-order valence-electron chi connectivity index (χ4n) is 1.56. The van der Waals surface area contributed by atoms with Gasteiger partial charge in [-0.15, -0.1) is 0 Å². The topological polar surface area (TPSA) is 42.0 Å². The van der Waals surface area contributed by atoms with Crippen molar-refractivity contribution in [1.29, 1.82) is 0 Å². The third-order valence-electron chi connectivity index (χ3n) is 2.23. The highest BCUT2D eigenvalue weighted by atomic mass is 16.1. The number of hydrogen-bond acceptors (Lipinski definition) is 2. The molecule has 0 unspecified atom stereocenters. The van der Waals surface area contributed by atoms with Crippen LogP contribution in [0.3, 0.4) is 0 Å². The predicted octanol–water partition coefficient (Wildman–Crippen LogP) is 2.00. The van der Waals surface area contributed by atoms with Crippen LogP contribution in [0.2, 0.25) is 0 Å². The van der Waals surface area contributed by atoms with Crippen molar-refractivity contribution in [1.82, 2.24) is 4.98 Å². The number of aryl methyl sites for hydroxylation is 1. The Bertz CT molecular complexity index is 396. The summed E-state index contributed by atoms with van der Waals surface area (Å²) in [6, 6.07) is 2.07. The predicted molar refractivity (Wildman–Crippen MR) is 55.9 cm³/mol. The molecule has 0 atom stereocenters. The summed E-state index contributed by atoms with van der Waals surface area (Å²) in [6.45, 7) is 1.97. The summed E-state index contributed by atoms with van der Waals surface area (Å²) in [4.78, 5) is 15.3. The van der Waals surface area contributed by atoms with Crippen LogP contribution in [0.5, 0.6) is 0 Å². The number of fused-ring (bicyclic) bond motifs is 1. The van der Waals surface area contributed by atoms with Crippen molar-refractivity contribution in [3.8, 4) is 0 Å². The van der Waals surface area contributed by atoms with E-state index in [0.717, 1.165) is 23.4 Å². The molecule has 1 aliphatic heterocycles. The number of allylic oxidation sites excluding steroid dienone is 1. The fraction of sp³-hybridized carbons (Fsp3) is 0.273. The molecule has 72 valence electrons. The lowest BCUT2D eigenvalue weighted by atomic mass is 10.0. The number of aromatic nitrogens is 1. The van der Waals surface area contributed by atoms with Crippen molar-refractivity contribution in [3.63, 3.8) is 0 Å². The summed E-state index contributed by atoms with van der Waals surface area (Å²) in [5, 5.41) is 2.76. The normalized spacial score (nSPS) is 15.4. The summed E-state index contributed by atoms with van der Waals surface area (Å²) >= 11 is 0. The Morgan fingerprint density at radius 3 is 3.14 bits per heavy atom. The van der Waals surface area contributed by atoms with Gasteiger partial charge in [-0.3, -0.25) is 4.79 Å². The maximum absolute atomic E-state index is 11.1. The van der Waals surface area contributed by atoms with Crippen molar-refractivity contribution < 1.29 is 4.79 Å². The second-order valence-corrected chi connectivity index (χ2v) is 3.32. The highest BCUT2D eigenvalue weighted by Crippen LogP contribution is 2.21. The second-order valence-electron chi connectivity index (χ2n) is 3.32. The molecule has 1 amide bonds. The molecule has 0 saturated heterocycles. The highest BCUT2D eigenvalue weighted by molar-refractivity contribution is 5.92. The van der Waals surface area contributed by atoms with Crippen LogP contribution in [0, 0.1) is 0 Å². The highest BCUT2D eigenvalue weighted by Gasteiger charge is 2.15. The molecule has 0 spiro atoms. The zero-order valence-corrected chi connectivity index (χ0v) is 8.08. The maximum Gasteiger partial charge on any atom is 0.225 e. The van der Waals surface area contributed by atoms with Crippen molar-refractivity contribution in [2.24, 2.45) is 0 Å². The van der Waals surface area contributed by atoms with Gasteiger partial charge in [-0.25, -0.2) is 4.98 Å². The molecule has 2 heterocycles. The number of carbonyl (C=O) groups is 1. The maximum atomic E-state index is 11.1. The van der Waals surface area contributed by atoms with Crippen LogP contribution in [0.25, 0.3) is 6.08 Å². The second kappa shape index (κ2) is 3.62. The summed E-state index contributed by atoms with van der Waals surface area (Å²) < 4.78 is 0. The molecule has 2 rings (SSSR count). The Labute approximate surface area is 82.9 Å². The number of pyridine rings is 1. The largest absolute Gasteiger partial charge is 0.310 e. The lowest BCUT2D eigenvalue weighted by molar-refractivity contribution is -0.116. The van der Waals surface area contributed by atoms with E-state index in [0.29, 0.717) is 6.42 Å². The summed E-state index contributed by atoms with van der Waals surface area (Å²) in [7, 11) is 0. The zero-order valence-electron chi connectivity index (χ0n) is 8.08. The van der Waals surface area contributed by atoms with E-state index in [4.69, 9.17) is 0 Å². The lowest BCUT2D eigenvalue weighted by Crippen LogP contribution is -2.20. The monoisotopic (exact) mass is 188 g/mol. The van der Waals surface area contributed by atoms with Crippen LogP contribution in [0.1, 0.15) is 24.5 Å². The third kappa shape index (κ3) is 1.66. The molecule has 0 fully saturated rings. The number of carbonyl (C=O) groups excluding carboxylic acids is 1. The van der Waals surface area contributed by atoms with Gasteiger partial charge in [0.15, 0.2) is 0 Å². The SMILES string of the molecule is C/C=C/c1cnc2c(c1)CCC(=O)N2. The quantitative estimate of drug-likeness (QED) is 0.732. The molecule has 14 heavy (non-hydrogen) atoms. The van der Waals surface area contributed by atoms with Gasteiger partial charge in [0, 0.05) is 12.6 Å². The molecule has 1 N–H and O–H groups in total. The van der Waals surface area contributed by atoms with Crippen molar-refractivity contribution in [2.45, 2.75) is 19.8 Å². The van der Waals surface area contributed by atoms with E-state index in [1.165, 1.54) is 0 Å². The minimum Gasteiger partial charge on any atom is -0.310 e. The Morgan fingerprint density at radius 2 is 2.36 bits per heavy atom. The average molecular weight is 188 g/mol. The number of nitrogens with one attached hydrogen (secondary N) is 1. The first kappa shape index (κ1) is 8.94. The molecule has 1 aliphatic rings. The number of amides is 1. The van der Waals surface area contributed by atoms with Gasteiger partial charge in [-0.2, -0.15) is 0 Å². The fourth-order valence-corrected chi connectivity index (χ4v) is 1.56. The number of nitrogens with zero attached hydrogens (tertiary/aromatic N) is 1. The molecule has 1 aromatic heterocycles. The van der Waals surface area contributed by atoms with E-state index < -0.39 is 0 Å². The zero-order chi connectivity index (χ0) is 9.97. The molecule has 0 aliphatic carbocycles. The third-order valence-corrected chi connectivity index (χ3v) is 2.23. The minimum atomic E-state index is 0.0591. The average Bonchev–Trinajstić information content (AvgIpc) is 2.19. The molecule has 0 aromatic carbocycles. The molecule has 3 nitrogen and oxygen atoms in total. The Balaban J connectivity index is 2.35. The first-order valence-electron chi connectivity index (χ1n) is 4.71. The van der Waals surface area contributed by atoms with Crippen molar-refractivity contribution in [3.05, 3.63) is 29.5 Å². The standard InChI is InChI=1S/C11H12N2O/c1-2-3-8-6-9-4-5-10(14)13-11(9)12-7-8/h2-3,6-7H,4-5H2,1H3,(H,12,13,14)/b3-2+. The molecule has 0 saturated carbocycles. The van der Waals surface area contributed by atoms with E-state index in [-0.39, 0.29) is 5.91 Å². The van der Waals surface area contributed by atoms with E-state index >= 15 is 0 Å². The minimum absolute atomic E-state index is 0.0591. The molecular weight excluding hydrogens is 176 g/mol. The van der Waals surface area contributed by atoms with E-state index in [2.05, 4.69) is 16.4 Å². The van der Waals surface area contributed by atoms with Gasteiger partial charge < -0.3 is 5.32 Å². The molecule has 0 bridgehead atoms. The van der Waals surface area contributed by atoms with Gasteiger partial charge in [0.05, 0.1) is 0 Å². The van der Waals surface area contributed by atoms with Gasteiger partial charge >= 0.3 is 0 Å². The Kier molecular flexibility index (Phi) is 2.31. The van der Waals surface area contributed by atoms with Gasteiger partial charge in [-0.1, -0.05) is 12.2 Å². The van der Waals surface area contributed by atoms with E-state index in [1.807, 2.05) is 19.1 Å². The smallest absolute Gasteiger partial charge is 0.225 e. The van der Waals surface area contributed by atoms with Gasteiger partial charge in [0.2, 0.25) is 5.91 Å².